The van der Waals surface area contributed by atoms with E-state index in [1.807, 2.05) is 24.3 Å². The minimum absolute atomic E-state index is 0.0557. The summed E-state index contributed by atoms with van der Waals surface area (Å²) in [6, 6.07) is 17.4. The molecule has 0 aromatic heterocycles. The van der Waals surface area contributed by atoms with Crippen molar-refractivity contribution in [3.63, 3.8) is 0 Å². The Balaban J connectivity index is 1.54. The van der Waals surface area contributed by atoms with Gasteiger partial charge in [-0.15, -0.1) is 0 Å². The predicted molar refractivity (Wildman–Crippen MR) is 106 cm³/mol. The molecule has 7 heteroatoms. The van der Waals surface area contributed by atoms with Crippen LogP contribution in [0.3, 0.4) is 0 Å². The topological polar surface area (TPSA) is 72.5 Å². The molecule has 4 rings (SSSR count). The summed E-state index contributed by atoms with van der Waals surface area (Å²) < 4.78 is 30.6. The van der Waals surface area contributed by atoms with Crippen LogP contribution in [0.15, 0.2) is 70.5 Å². The van der Waals surface area contributed by atoms with Crippen LogP contribution in [-0.2, 0) is 14.6 Å². The van der Waals surface area contributed by atoms with Crippen molar-refractivity contribution in [2.45, 2.75) is 4.90 Å². The van der Waals surface area contributed by atoms with Gasteiger partial charge in [0.25, 0.3) is 0 Å². The highest BCUT2D eigenvalue weighted by Crippen LogP contribution is 2.37. The van der Waals surface area contributed by atoms with Crippen LogP contribution in [0.2, 0.25) is 5.02 Å². The summed E-state index contributed by atoms with van der Waals surface area (Å²) in [5, 5.41) is 4.87. The number of fused-ring (bicyclic) bond motifs is 3. The molecule has 0 fully saturated rings. The quantitative estimate of drug-likeness (QED) is 0.681. The molecule has 0 atom stereocenters. The van der Waals surface area contributed by atoms with Crippen LogP contribution >= 0.6 is 11.6 Å². The zero-order valence-electron chi connectivity index (χ0n) is 14.0. The summed E-state index contributed by atoms with van der Waals surface area (Å²) in [6.45, 7) is -0.342. The fraction of sp³-hybridized carbons (Fsp3) is 0.0500. The summed E-state index contributed by atoms with van der Waals surface area (Å²) in [6.07, 6.45) is 0.831. The van der Waals surface area contributed by atoms with Gasteiger partial charge in [-0.2, -0.15) is 0 Å². The van der Waals surface area contributed by atoms with Gasteiger partial charge >= 0.3 is 6.09 Å². The van der Waals surface area contributed by atoms with E-state index < -0.39 is 15.9 Å². The van der Waals surface area contributed by atoms with Gasteiger partial charge in [0.1, 0.15) is 6.61 Å². The number of amides is 1. The molecule has 0 aliphatic carbocycles. The molecule has 27 heavy (non-hydrogen) atoms. The van der Waals surface area contributed by atoms with Gasteiger partial charge in [0.2, 0.25) is 9.84 Å². The number of halogens is 1. The fourth-order valence-electron chi connectivity index (χ4n) is 2.98. The van der Waals surface area contributed by atoms with E-state index in [4.69, 9.17) is 16.3 Å². The third kappa shape index (κ3) is 3.29. The van der Waals surface area contributed by atoms with Crippen molar-refractivity contribution in [2.75, 3.05) is 11.9 Å². The molecule has 5 nitrogen and oxygen atoms in total. The molecule has 0 radical (unpaired) electrons. The van der Waals surface area contributed by atoms with Gasteiger partial charge < -0.3 is 4.74 Å². The van der Waals surface area contributed by atoms with E-state index in [1.54, 1.807) is 42.5 Å². The first kappa shape index (κ1) is 17.6. The van der Waals surface area contributed by atoms with Crippen LogP contribution < -0.4 is 5.32 Å². The van der Waals surface area contributed by atoms with Gasteiger partial charge in [0.05, 0.1) is 9.80 Å². The van der Waals surface area contributed by atoms with E-state index in [-0.39, 0.29) is 16.4 Å². The van der Waals surface area contributed by atoms with Gasteiger partial charge in [-0.05, 0) is 47.2 Å². The molecular formula is C20H14ClNO4S. The molecule has 3 aromatic carbocycles. The van der Waals surface area contributed by atoms with Crippen LogP contribution in [0.4, 0.5) is 10.5 Å². The van der Waals surface area contributed by atoms with Crippen LogP contribution in [0.1, 0.15) is 5.56 Å². The molecule has 0 unspecified atom stereocenters. The Bertz CT molecular complexity index is 1180. The average molecular weight is 400 g/mol. The maximum Gasteiger partial charge on any atom is 0.411 e. The average Bonchev–Trinajstić information content (AvgIpc) is 2.92. The van der Waals surface area contributed by atoms with Gasteiger partial charge in [-0.1, -0.05) is 41.9 Å². The zero-order chi connectivity index (χ0) is 19.0. The van der Waals surface area contributed by atoms with Crippen LogP contribution in [0.5, 0.6) is 0 Å². The van der Waals surface area contributed by atoms with Crippen molar-refractivity contribution in [3.05, 3.63) is 76.2 Å². The van der Waals surface area contributed by atoms with Crippen LogP contribution in [0, 0.1) is 0 Å². The van der Waals surface area contributed by atoms with Crippen LogP contribution in [0.25, 0.3) is 16.8 Å². The molecule has 1 aliphatic heterocycles. The summed E-state index contributed by atoms with van der Waals surface area (Å²) in [4.78, 5) is 12.3. The van der Waals surface area contributed by atoms with E-state index in [0.717, 1.165) is 10.8 Å². The Morgan fingerprint density at radius 2 is 1.74 bits per heavy atom. The molecule has 1 aliphatic rings. The molecule has 1 amide bonds. The number of hydrogen-bond acceptors (Lipinski definition) is 4. The predicted octanol–water partition coefficient (Wildman–Crippen LogP) is 4.87. The molecule has 3 aromatic rings. The van der Waals surface area contributed by atoms with Crippen LogP contribution in [-0.4, -0.2) is 21.1 Å². The Kier molecular flexibility index (Phi) is 4.37. The standard InChI is InChI=1S/C20H14ClNO4S/c21-14-6-8-15(9-7-14)22-20(23)26-12-16-11-18-17-4-2-1-3-13(17)5-10-19(18)27(16,24)25/h1-11H,12H2,(H,22,23). The third-order valence-corrected chi connectivity index (χ3v) is 6.42. The lowest BCUT2D eigenvalue weighted by atomic mass is 10.0. The number of anilines is 1. The first-order chi connectivity index (χ1) is 12.9. The monoisotopic (exact) mass is 399 g/mol. The second-order valence-electron chi connectivity index (χ2n) is 6.02. The lowest BCUT2D eigenvalue weighted by Crippen LogP contribution is -2.17. The van der Waals surface area contributed by atoms with Gasteiger partial charge in [-0.25, -0.2) is 13.2 Å². The zero-order valence-corrected chi connectivity index (χ0v) is 15.5. The first-order valence-corrected chi connectivity index (χ1v) is 9.98. The maximum atomic E-state index is 12.7. The highest BCUT2D eigenvalue weighted by molar-refractivity contribution is 7.95. The van der Waals surface area contributed by atoms with Gasteiger partial charge in [0, 0.05) is 16.3 Å². The highest BCUT2D eigenvalue weighted by Gasteiger charge is 2.31. The largest absolute Gasteiger partial charge is 0.444 e. The summed E-state index contributed by atoms with van der Waals surface area (Å²) in [5.74, 6) is 0. The molecular weight excluding hydrogens is 386 g/mol. The molecule has 0 saturated heterocycles. The number of carbonyl (C=O) groups is 1. The minimum atomic E-state index is -3.67. The smallest absolute Gasteiger partial charge is 0.411 e. The fourth-order valence-corrected chi connectivity index (χ4v) is 4.58. The van der Waals surface area contributed by atoms with E-state index in [9.17, 15) is 13.2 Å². The molecule has 1 N–H and O–H groups in total. The van der Waals surface area contributed by atoms with E-state index in [1.165, 1.54) is 0 Å². The normalized spacial score (nSPS) is 14.5. The molecule has 0 saturated carbocycles. The maximum absolute atomic E-state index is 12.7. The van der Waals surface area contributed by atoms with Crippen molar-refractivity contribution in [2.24, 2.45) is 0 Å². The molecule has 1 heterocycles. The van der Waals surface area contributed by atoms with Crippen molar-refractivity contribution >= 4 is 50.1 Å². The number of sulfone groups is 1. The Morgan fingerprint density at radius 1 is 1.00 bits per heavy atom. The number of nitrogens with one attached hydrogen (secondary N) is 1. The number of ether oxygens (including phenoxy) is 1. The van der Waals surface area contributed by atoms with E-state index in [0.29, 0.717) is 16.3 Å². The highest BCUT2D eigenvalue weighted by atomic mass is 35.5. The summed E-state index contributed by atoms with van der Waals surface area (Å²) in [5.41, 5.74) is 1.13. The lowest BCUT2D eigenvalue weighted by Gasteiger charge is -2.08. The summed E-state index contributed by atoms with van der Waals surface area (Å²) >= 11 is 5.79. The third-order valence-electron chi connectivity index (χ3n) is 4.31. The lowest BCUT2D eigenvalue weighted by molar-refractivity contribution is 0.173. The Morgan fingerprint density at radius 3 is 2.52 bits per heavy atom. The number of hydrogen-bond donors (Lipinski definition) is 1. The number of benzene rings is 3. The Hall–Kier alpha value is -2.83. The molecule has 136 valence electrons. The van der Waals surface area contributed by atoms with Gasteiger partial charge in [0.15, 0.2) is 0 Å². The first-order valence-electron chi connectivity index (χ1n) is 8.12. The second-order valence-corrected chi connectivity index (χ2v) is 8.43. The Labute approximate surface area is 161 Å². The van der Waals surface area contributed by atoms with E-state index >= 15 is 0 Å². The molecule has 0 bridgehead atoms. The van der Waals surface area contributed by atoms with Gasteiger partial charge in [-0.3, -0.25) is 5.32 Å². The summed E-state index contributed by atoms with van der Waals surface area (Å²) in [7, 11) is -3.67. The SMILES string of the molecule is O=C(Nc1ccc(Cl)cc1)OCC1=Cc2c(ccc3ccccc23)S1(=O)=O. The minimum Gasteiger partial charge on any atom is -0.444 e. The van der Waals surface area contributed by atoms with E-state index in [2.05, 4.69) is 5.32 Å². The van der Waals surface area contributed by atoms with Crippen molar-refractivity contribution in [3.8, 4) is 0 Å². The number of carbonyl (C=O) groups excluding carboxylic acids is 1. The molecule has 0 spiro atoms. The second kappa shape index (κ2) is 6.72. The number of rotatable bonds is 3. The van der Waals surface area contributed by atoms with Crippen molar-refractivity contribution in [1.29, 1.82) is 0 Å². The van der Waals surface area contributed by atoms with Crippen molar-refractivity contribution in [1.82, 2.24) is 0 Å². The van der Waals surface area contributed by atoms with Crippen molar-refractivity contribution < 1.29 is 17.9 Å².